The zero-order valence-corrected chi connectivity index (χ0v) is 11.4. The molecule has 2 aromatic rings. The zero-order chi connectivity index (χ0) is 14.7. The molecule has 3 rings (SSSR count). The van der Waals surface area contributed by atoms with Crippen LogP contribution in [-0.2, 0) is 11.3 Å². The van der Waals surface area contributed by atoms with Crippen LogP contribution in [0, 0.1) is 5.92 Å². The smallest absolute Gasteiger partial charge is 0.380 e. The van der Waals surface area contributed by atoms with E-state index in [9.17, 15) is 9.59 Å². The average molecular weight is 292 g/mol. The fourth-order valence-electron chi connectivity index (χ4n) is 2.39. The second kappa shape index (κ2) is 6.06. The molecule has 1 aliphatic heterocycles. The van der Waals surface area contributed by atoms with Gasteiger partial charge >= 0.3 is 5.76 Å². The van der Waals surface area contributed by atoms with Crippen molar-refractivity contribution < 1.29 is 9.26 Å². The minimum Gasteiger partial charge on any atom is -0.380 e. The van der Waals surface area contributed by atoms with E-state index >= 15 is 0 Å². The second-order valence-corrected chi connectivity index (χ2v) is 4.95. The van der Waals surface area contributed by atoms with Gasteiger partial charge < -0.3 is 14.6 Å². The summed E-state index contributed by atoms with van der Waals surface area (Å²) in [4.78, 5) is 25.7. The van der Waals surface area contributed by atoms with Gasteiger partial charge in [-0.15, -0.1) is 0 Å². The van der Waals surface area contributed by atoms with Gasteiger partial charge in [0.1, 0.15) is 0 Å². The lowest BCUT2D eigenvalue weighted by Gasteiger charge is -2.17. The monoisotopic (exact) mass is 292 g/mol. The van der Waals surface area contributed by atoms with E-state index in [1.807, 2.05) is 0 Å². The van der Waals surface area contributed by atoms with Crippen molar-refractivity contribution in [2.24, 2.45) is 5.92 Å². The van der Waals surface area contributed by atoms with Gasteiger partial charge in [0.05, 0.1) is 18.9 Å². The van der Waals surface area contributed by atoms with Gasteiger partial charge in [-0.2, -0.15) is 0 Å². The minimum atomic E-state index is -0.646. The molecule has 1 atom stereocenters. The maximum absolute atomic E-state index is 12.1. The van der Waals surface area contributed by atoms with Crippen LogP contribution in [0.1, 0.15) is 0 Å². The van der Waals surface area contributed by atoms with Crippen LogP contribution in [0.15, 0.2) is 32.3 Å². The fourth-order valence-corrected chi connectivity index (χ4v) is 2.39. The van der Waals surface area contributed by atoms with Crippen molar-refractivity contribution in [3.8, 4) is 11.5 Å². The Bertz CT molecular complexity index is 709. The molecule has 1 saturated heterocycles. The molecule has 0 aromatic carbocycles. The van der Waals surface area contributed by atoms with E-state index in [-0.39, 0.29) is 17.3 Å². The van der Waals surface area contributed by atoms with Gasteiger partial charge in [0.25, 0.3) is 5.56 Å². The third-order valence-corrected chi connectivity index (χ3v) is 3.38. The number of hydrogen-bond donors (Lipinski definition) is 2. The van der Waals surface area contributed by atoms with Crippen molar-refractivity contribution in [1.29, 1.82) is 0 Å². The Kier molecular flexibility index (Phi) is 3.98. The number of aromatic nitrogens is 3. The molecule has 0 spiro atoms. The molecule has 3 heterocycles. The molecule has 112 valence electrons. The van der Waals surface area contributed by atoms with Gasteiger partial charge in [-0.1, -0.05) is 11.2 Å². The second-order valence-electron chi connectivity index (χ2n) is 4.95. The predicted octanol–water partition coefficient (Wildman–Crippen LogP) is -0.572. The standard InChI is InChI=1S/C13H16N4O4/c18-11-3-1-2-10(12-15-13(19)21-16-12)17(11)7-9-6-14-4-5-20-8-9/h1-3,9,14H,4-8H2,(H,15,16,19). The summed E-state index contributed by atoms with van der Waals surface area (Å²) in [5, 5.41) is 6.92. The lowest BCUT2D eigenvalue weighted by Crippen LogP contribution is -2.31. The quantitative estimate of drug-likeness (QED) is 0.785. The number of aromatic amines is 1. The molecule has 0 bridgehead atoms. The Morgan fingerprint density at radius 2 is 2.29 bits per heavy atom. The first-order valence-corrected chi connectivity index (χ1v) is 6.79. The minimum absolute atomic E-state index is 0.152. The Labute approximate surface area is 119 Å². The number of nitrogens with zero attached hydrogens (tertiary/aromatic N) is 2. The number of H-pyrrole nitrogens is 1. The first kappa shape index (κ1) is 13.8. The van der Waals surface area contributed by atoms with Gasteiger partial charge in [-0.05, 0) is 6.07 Å². The van der Waals surface area contributed by atoms with Crippen LogP contribution >= 0.6 is 0 Å². The van der Waals surface area contributed by atoms with Crippen molar-refractivity contribution in [1.82, 2.24) is 20.0 Å². The van der Waals surface area contributed by atoms with Crippen molar-refractivity contribution in [2.75, 3.05) is 26.3 Å². The van der Waals surface area contributed by atoms with Crippen molar-refractivity contribution >= 4 is 0 Å². The highest BCUT2D eigenvalue weighted by atomic mass is 16.5. The van der Waals surface area contributed by atoms with E-state index in [1.165, 1.54) is 6.07 Å². The number of pyridine rings is 1. The molecule has 8 nitrogen and oxygen atoms in total. The molecule has 0 amide bonds. The molecule has 21 heavy (non-hydrogen) atoms. The Morgan fingerprint density at radius 3 is 3.10 bits per heavy atom. The SMILES string of the molecule is O=c1[nH]c(-c2cccc(=O)n2CC2CNCCOC2)no1. The van der Waals surface area contributed by atoms with Crippen molar-refractivity contribution in [3.05, 3.63) is 39.1 Å². The highest BCUT2D eigenvalue weighted by Gasteiger charge is 2.17. The maximum Gasteiger partial charge on any atom is 0.439 e. The van der Waals surface area contributed by atoms with Gasteiger partial charge in [0, 0.05) is 31.6 Å². The fraction of sp³-hybridized carbons (Fsp3) is 0.462. The number of ether oxygens (including phenoxy) is 1. The molecule has 0 radical (unpaired) electrons. The maximum atomic E-state index is 12.1. The van der Waals surface area contributed by atoms with E-state index in [0.29, 0.717) is 25.5 Å². The third kappa shape index (κ3) is 3.11. The Balaban J connectivity index is 1.93. The number of rotatable bonds is 3. The van der Waals surface area contributed by atoms with Gasteiger partial charge in [-0.25, -0.2) is 4.79 Å². The van der Waals surface area contributed by atoms with Crippen LogP contribution in [0.25, 0.3) is 11.5 Å². The summed E-state index contributed by atoms with van der Waals surface area (Å²) in [6.45, 7) is 3.32. The predicted molar refractivity (Wildman–Crippen MR) is 74.0 cm³/mol. The first-order chi connectivity index (χ1) is 10.2. The summed E-state index contributed by atoms with van der Waals surface area (Å²) in [6, 6.07) is 4.83. The topological polar surface area (TPSA) is 102 Å². The first-order valence-electron chi connectivity index (χ1n) is 6.79. The molecular formula is C13H16N4O4. The summed E-state index contributed by atoms with van der Waals surface area (Å²) >= 11 is 0. The normalized spacial score (nSPS) is 19.3. The molecule has 2 N–H and O–H groups in total. The zero-order valence-electron chi connectivity index (χ0n) is 11.4. The van der Waals surface area contributed by atoms with E-state index < -0.39 is 5.76 Å². The van der Waals surface area contributed by atoms with Crippen LogP contribution < -0.4 is 16.6 Å². The Hall–Kier alpha value is -2.19. The van der Waals surface area contributed by atoms with Gasteiger partial charge in [0.2, 0.25) is 0 Å². The largest absolute Gasteiger partial charge is 0.439 e. The number of hydrogen-bond acceptors (Lipinski definition) is 6. The van der Waals surface area contributed by atoms with Crippen LogP contribution in [-0.4, -0.2) is 41.0 Å². The summed E-state index contributed by atoms with van der Waals surface area (Å²) in [5.41, 5.74) is 0.373. The van der Waals surface area contributed by atoms with Crippen molar-refractivity contribution in [2.45, 2.75) is 6.54 Å². The summed E-state index contributed by atoms with van der Waals surface area (Å²) in [6.07, 6.45) is 0. The summed E-state index contributed by atoms with van der Waals surface area (Å²) in [7, 11) is 0. The van der Waals surface area contributed by atoms with Gasteiger partial charge in [-0.3, -0.25) is 14.3 Å². The molecule has 0 saturated carbocycles. The summed E-state index contributed by atoms with van der Waals surface area (Å²) in [5.74, 6) is -0.225. The van der Waals surface area contributed by atoms with Gasteiger partial charge in [0.15, 0.2) is 5.82 Å². The third-order valence-electron chi connectivity index (χ3n) is 3.38. The van der Waals surface area contributed by atoms with Crippen LogP contribution in [0.4, 0.5) is 0 Å². The molecule has 1 unspecified atom stereocenters. The van der Waals surface area contributed by atoms with E-state index in [2.05, 4.69) is 20.0 Å². The van der Waals surface area contributed by atoms with E-state index in [4.69, 9.17) is 4.74 Å². The number of nitrogens with one attached hydrogen (secondary N) is 2. The molecule has 1 aliphatic rings. The summed E-state index contributed by atoms with van der Waals surface area (Å²) < 4.78 is 11.6. The van der Waals surface area contributed by atoms with Crippen LogP contribution in [0.3, 0.4) is 0 Å². The lowest BCUT2D eigenvalue weighted by atomic mass is 10.1. The lowest BCUT2D eigenvalue weighted by molar-refractivity contribution is 0.117. The van der Waals surface area contributed by atoms with Crippen molar-refractivity contribution in [3.63, 3.8) is 0 Å². The molecular weight excluding hydrogens is 276 g/mol. The highest BCUT2D eigenvalue weighted by molar-refractivity contribution is 5.48. The molecule has 1 fully saturated rings. The van der Waals surface area contributed by atoms with Crippen LogP contribution in [0.2, 0.25) is 0 Å². The van der Waals surface area contributed by atoms with E-state index in [0.717, 1.165) is 13.1 Å². The van der Waals surface area contributed by atoms with E-state index in [1.54, 1.807) is 16.7 Å². The Morgan fingerprint density at radius 1 is 1.38 bits per heavy atom. The average Bonchev–Trinajstić information content (AvgIpc) is 2.74. The highest BCUT2D eigenvalue weighted by Crippen LogP contribution is 2.13. The van der Waals surface area contributed by atoms with Crippen LogP contribution in [0.5, 0.6) is 0 Å². The molecule has 8 heteroatoms. The molecule has 2 aromatic heterocycles. The molecule has 0 aliphatic carbocycles.